The number of hydrogen-bond donors (Lipinski definition) is 1. The second kappa shape index (κ2) is 3.84. The van der Waals surface area contributed by atoms with E-state index in [9.17, 15) is 4.79 Å². The first-order chi connectivity index (χ1) is 7.83. The monoisotopic (exact) mass is 236 g/mol. The van der Waals surface area contributed by atoms with Crippen LogP contribution in [-0.4, -0.2) is 39.2 Å². The van der Waals surface area contributed by atoms with E-state index in [0.29, 0.717) is 24.7 Å². The number of amides is 1. The van der Waals surface area contributed by atoms with Crippen molar-refractivity contribution in [3.05, 3.63) is 17.5 Å². The summed E-state index contributed by atoms with van der Waals surface area (Å²) in [5.41, 5.74) is 7.45. The quantitative estimate of drug-likeness (QED) is 0.815. The van der Waals surface area contributed by atoms with Gasteiger partial charge in [-0.3, -0.25) is 9.48 Å². The fourth-order valence-electron chi connectivity index (χ4n) is 2.15. The Balaban J connectivity index is 2.08. The van der Waals surface area contributed by atoms with Crippen LogP contribution in [0.2, 0.25) is 0 Å². The molecule has 2 N–H and O–H groups in total. The van der Waals surface area contributed by atoms with Crippen LogP contribution in [0.1, 0.15) is 30.0 Å². The predicted octanol–water partition coefficient (Wildman–Crippen LogP) is 0.538. The molecular weight excluding hydrogens is 216 g/mol. The lowest BCUT2D eigenvalue weighted by Crippen LogP contribution is -2.71. The van der Waals surface area contributed by atoms with Gasteiger partial charge in [-0.2, -0.15) is 5.10 Å². The van der Waals surface area contributed by atoms with Crippen LogP contribution in [0.5, 0.6) is 0 Å². The number of likely N-dealkylation sites (tertiary alicyclic amines) is 1. The van der Waals surface area contributed by atoms with E-state index in [1.165, 1.54) is 0 Å². The Bertz CT molecular complexity index is 443. The molecule has 2 rings (SSSR count). The standard InChI is InChI=1S/C12H20N4O/c1-8(2)12(13)6-16(7-12)11(17)10-5-9(3)14-15(10)4/h5,8H,6-7,13H2,1-4H3. The maximum atomic E-state index is 12.2. The summed E-state index contributed by atoms with van der Waals surface area (Å²) < 4.78 is 1.63. The van der Waals surface area contributed by atoms with Gasteiger partial charge in [0.05, 0.1) is 11.2 Å². The molecule has 1 amide bonds. The Labute approximate surface area is 102 Å². The van der Waals surface area contributed by atoms with Gasteiger partial charge in [0.25, 0.3) is 5.91 Å². The summed E-state index contributed by atoms with van der Waals surface area (Å²) in [7, 11) is 1.79. The smallest absolute Gasteiger partial charge is 0.272 e. The third-order valence-corrected chi connectivity index (χ3v) is 3.63. The molecule has 17 heavy (non-hydrogen) atoms. The average molecular weight is 236 g/mol. The van der Waals surface area contributed by atoms with Crippen molar-refractivity contribution in [1.82, 2.24) is 14.7 Å². The van der Waals surface area contributed by atoms with E-state index in [-0.39, 0.29) is 11.4 Å². The zero-order valence-electron chi connectivity index (χ0n) is 10.9. The molecule has 2 heterocycles. The number of hydrogen-bond acceptors (Lipinski definition) is 3. The Hall–Kier alpha value is -1.36. The van der Waals surface area contributed by atoms with Crippen LogP contribution in [0.15, 0.2) is 6.07 Å². The maximum absolute atomic E-state index is 12.2. The molecule has 0 saturated carbocycles. The average Bonchev–Trinajstić information content (AvgIpc) is 2.51. The van der Waals surface area contributed by atoms with Crippen molar-refractivity contribution >= 4 is 5.91 Å². The van der Waals surface area contributed by atoms with E-state index < -0.39 is 0 Å². The van der Waals surface area contributed by atoms with E-state index in [1.807, 2.05) is 13.0 Å². The van der Waals surface area contributed by atoms with Gasteiger partial charge < -0.3 is 10.6 Å². The number of aromatic nitrogens is 2. The van der Waals surface area contributed by atoms with E-state index in [1.54, 1.807) is 16.6 Å². The molecule has 1 aliphatic heterocycles. The van der Waals surface area contributed by atoms with Gasteiger partial charge in [-0.15, -0.1) is 0 Å². The van der Waals surface area contributed by atoms with Crippen molar-refractivity contribution in [2.75, 3.05) is 13.1 Å². The zero-order valence-corrected chi connectivity index (χ0v) is 10.9. The molecule has 1 aliphatic rings. The second-order valence-corrected chi connectivity index (χ2v) is 5.34. The number of carbonyl (C=O) groups excluding carboxylic acids is 1. The molecular formula is C12H20N4O. The van der Waals surface area contributed by atoms with E-state index in [4.69, 9.17) is 5.73 Å². The van der Waals surface area contributed by atoms with Gasteiger partial charge >= 0.3 is 0 Å². The van der Waals surface area contributed by atoms with E-state index in [0.717, 1.165) is 5.69 Å². The SMILES string of the molecule is Cc1cc(C(=O)N2CC(N)(C(C)C)C2)n(C)n1. The summed E-state index contributed by atoms with van der Waals surface area (Å²) in [6.07, 6.45) is 0. The lowest BCUT2D eigenvalue weighted by Gasteiger charge is -2.50. The van der Waals surface area contributed by atoms with Crippen LogP contribution < -0.4 is 5.73 Å². The highest BCUT2D eigenvalue weighted by Gasteiger charge is 2.44. The molecule has 0 radical (unpaired) electrons. The summed E-state index contributed by atoms with van der Waals surface area (Å²) in [6.45, 7) is 7.34. The Morgan fingerprint density at radius 3 is 2.53 bits per heavy atom. The summed E-state index contributed by atoms with van der Waals surface area (Å²) in [6, 6.07) is 1.81. The van der Waals surface area contributed by atoms with Crippen molar-refractivity contribution < 1.29 is 4.79 Å². The number of carbonyl (C=O) groups is 1. The van der Waals surface area contributed by atoms with Crippen LogP contribution in [0.3, 0.4) is 0 Å². The van der Waals surface area contributed by atoms with Crippen LogP contribution in [0.25, 0.3) is 0 Å². The molecule has 5 heteroatoms. The van der Waals surface area contributed by atoms with Crippen LogP contribution in [0, 0.1) is 12.8 Å². The highest BCUT2D eigenvalue weighted by molar-refractivity contribution is 5.93. The first kappa shape index (κ1) is 12.1. The molecule has 0 bridgehead atoms. The molecule has 5 nitrogen and oxygen atoms in total. The van der Waals surface area contributed by atoms with Crippen molar-refractivity contribution in [3.8, 4) is 0 Å². The number of nitrogens with zero attached hydrogens (tertiary/aromatic N) is 3. The fourth-order valence-corrected chi connectivity index (χ4v) is 2.15. The largest absolute Gasteiger partial charge is 0.333 e. The van der Waals surface area contributed by atoms with Gasteiger partial charge in [0.15, 0.2) is 0 Å². The molecule has 0 atom stereocenters. The second-order valence-electron chi connectivity index (χ2n) is 5.34. The minimum Gasteiger partial charge on any atom is -0.333 e. The van der Waals surface area contributed by atoms with Crippen molar-refractivity contribution in [2.24, 2.45) is 18.7 Å². The van der Waals surface area contributed by atoms with Crippen molar-refractivity contribution in [2.45, 2.75) is 26.3 Å². The van der Waals surface area contributed by atoms with Crippen LogP contribution in [-0.2, 0) is 7.05 Å². The molecule has 1 aromatic heterocycles. The van der Waals surface area contributed by atoms with Crippen LogP contribution >= 0.6 is 0 Å². The third-order valence-electron chi connectivity index (χ3n) is 3.63. The van der Waals surface area contributed by atoms with Gasteiger partial charge in [0, 0.05) is 20.1 Å². The Morgan fingerprint density at radius 2 is 2.12 bits per heavy atom. The van der Waals surface area contributed by atoms with Gasteiger partial charge in [-0.1, -0.05) is 13.8 Å². The predicted molar refractivity (Wildman–Crippen MR) is 65.6 cm³/mol. The lowest BCUT2D eigenvalue weighted by molar-refractivity contribution is 0.0265. The highest BCUT2D eigenvalue weighted by atomic mass is 16.2. The number of aryl methyl sites for hydroxylation is 2. The van der Waals surface area contributed by atoms with E-state index in [2.05, 4.69) is 18.9 Å². The summed E-state index contributed by atoms with van der Waals surface area (Å²) in [4.78, 5) is 14.0. The lowest BCUT2D eigenvalue weighted by atomic mass is 9.80. The fraction of sp³-hybridized carbons (Fsp3) is 0.667. The van der Waals surface area contributed by atoms with E-state index >= 15 is 0 Å². The minimum atomic E-state index is -0.219. The van der Waals surface area contributed by atoms with Crippen molar-refractivity contribution in [3.63, 3.8) is 0 Å². The van der Waals surface area contributed by atoms with Gasteiger partial charge in [0.2, 0.25) is 0 Å². The zero-order chi connectivity index (χ0) is 12.8. The molecule has 1 aromatic rings. The number of rotatable bonds is 2. The van der Waals surface area contributed by atoms with Gasteiger partial charge in [-0.05, 0) is 18.9 Å². The first-order valence-corrected chi connectivity index (χ1v) is 5.92. The van der Waals surface area contributed by atoms with Crippen LogP contribution in [0.4, 0.5) is 0 Å². The summed E-state index contributed by atoms with van der Waals surface area (Å²) in [5.74, 6) is 0.412. The molecule has 1 fully saturated rings. The molecule has 0 unspecified atom stereocenters. The minimum absolute atomic E-state index is 0.0230. The highest BCUT2D eigenvalue weighted by Crippen LogP contribution is 2.27. The molecule has 0 spiro atoms. The molecule has 0 aliphatic carbocycles. The van der Waals surface area contributed by atoms with Gasteiger partial charge in [0.1, 0.15) is 5.69 Å². The molecule has 94 valence electrons. The normalized spacial score (nSPS) is 18.4. The number of nitrogens with two attached hydrogens (primary N) is 1. The topological polar surface area (TPSA) is 64.2 Å². The summed E-state index contributed by atoms with van der Waals surface area (Å²) in [5, 5.41) is 4.18. The maximum Gasteiger partial charge on any atom is 0.272 e. The first-order valence-electron chi connectivity index (χ1n) is 5.92. The molecule has 1 saturated heterocycles. The Morgan fingerprint density at radius 1 is 1.53 bits per heavy atom. The third kappa shape index (κ3) is 1.95. The summed E-state index contributed by atoms with van der Waals surface area (Å²) >= 11 is 0. The van der Waals surface area contributed by atoms with Gasteiger partial charge in [-0.25, -0.2) is 0 Å². The Kier molecular flexibility index (Phi) is 2.73. The molecule has 0 aromatic carbocycles. The van der Waals surface area contributed by atoms with Crippen molar-refractivity contribution in [1.29, 1.82) is 0 Å².